The number of esters is 1. The molecule has 0 bridgehead atoms. The van der Waals surface area contributed by atoms with Crippen molar-refractivity contribution in [1.82, 2.24) is 0 Å². The van der Waals surface area contributed by atoms with Gasteiger partial charge in [0, 0.05) is 5.71 Å². The second kappa shape index (κ2) is 6.70. The standard InChI is InChI=1S/C17H17NO3/c1-12(18-15-7-9-16(20-2)10-8-15)13-5-4-6-14(11-13)17(19)21-3/h4-11H,1-3H3. The molecule has 0 aromatic heterocycles. The maximum Gasteiger partial charge on any atom is 0.337 e. The molecular formula is C17H17NO3. The third-order valence-electron chi connectivity index (χ3n) is 3.07. The highest BCUT2D eigenvalue weighted by atomic mass is 16.5. The highest BCUT2D eigenvalue weighted by molar-refractivity contribution is 6.02. The highest BCUT2D eigenvalue weighted by Gasteiger charge is 2.07. The summed E-state index contributed by atoms with van der Waals surface area (Å²) < 4.78 is 9.84. The lowest BCUT2D eigenvalue weighted by atomic mass is 10.1. The van der Waals surface area contributed by atoms with Crippen LogP contribution in [0.5, 0.6) is 5.75 Å². The summed E-state index contributed by atoms with van der Waals surface area (Å²) in [5.41, 5.74) is 3.05. The number of carbonyl (C=O) groups excluding carboxylic acids is 1. The van der Waals surface area contributed by atoms with Gasteiger partial charge in [-0.3, -0.25) is 4.99 Å². The van der Waals surface area contributed by atoms with Gasteiger partial charge in [0.25, 0.3) is 0 Å². The van der Waals surface area contributed by atoms with Crippen LogP contribution in [0.2, 0.25) is 0 Å². The Bertz CT molecular complexity index is 660. The fraction of sp³-hybridized carbons (Fsp3) is 0.176. The lowest BCUT2D eigenvalue weighted by Crippen LogP contribution is -2.03. The highest BCUT2D eigenvalue weighted by Crippen LogP contribution is 2.19. The third-order valence-corrected chi connectivity index (χ3v) is 3.07. The number of hydrogen-bond acceptors (Lipinski definition) is 4. The Labute approximate surface area is 124 Å². The summed E-state index contributed by atoms with van der Waals surface area (Å²) in [5.74, 6) is 0.438. The molecular weight excluding hydrogens is 266 g/mol. The number of nitrogens with zero attached hydrogens (tertiary/aromatic N) is 1. The maximum absolute atomic E-state index is 11.5. The quantitative estimate of drug-likeness (QED) is 0.636. The average molecular weight is 283 g/mol. The van der Waals surface area contributed by atoms with Crippen LogP contribution in [0.3, 0.4) is 0 Å². The molecule has 4 heteroatoms. The van der Waals surface area contributed by atoms with Crippen molar-refractivity contribution in [1.29, 1.82) is 0 Å². The molecule has 0 atom stereocenters. The molecule has 0 aliphatic rings. The molecule has 0 fully saturated rings. The zero-order valence-electron chi connectivity index (χ0n) is 12.3. The summed E-state index contributed by atoms with van der Waals surface area (Å²) in [6.45, 7) is 1.90. The van der Waals surface area contributed by atoms with E-state index in [0.717, 1.165) is 22.7 Å². The molecule has 2 aromatic rings. The second-order valence-electron chi connectivity index (χ2n) is 4.47. The first-order valence-corrected chi connectivity index (χ1v) is 6.52. The Hall–Kier alpha value is -2.62. The average Bonchev–Trinajstić information content (AvgIpc) is 2.55. The van der Waals surface area contributed by atoms with Crippen LogP contribution >= 0.6 is 0 Å². The van der Waals surface area contributed by atoms with E-state index >= 15 is 0 Å². The van der Waals surface area contributed by atoms with E-state index in [1.807, 2.05) is 43.3 Å². The summed E-state index contributed by atoms with van der Waals surface area (Å²) >= 11 is 0. The molecule has 0 N–H and O–H groups in total. The molecule has 0 aliphatic heterocycles. The van der Waals surface area contributed by atoms with E-state index in [1.165, 1.54) is 7.11 Å². The van der Waals surface area contributed by atoms with Gasteiger partial charge >= 0.3 is 5.97 Å². The Morgan fingerprint density at radius 1 is 1.00 bits per heavy atom. The molecule has 0 aliphatic carbocycles. The first-order chi connectivity index (χ1) is 10.1. The minimum absolute atomic E-state index is 0.353. The van der Waals surface area contributed by atoms with Crippen molar-refractivity contribution in [3.8, 4) is 5.75 Å². The molecule has 0 heterocycles. The van der Waals surface area contributed by atoms with E-state index < -0.39 is 0 Å². The number of methoxy groups -OCH3 is 2. The number of rotatable bonds is 4. The maximum atomic E-state index is 11.5. The smallest absolute Gasteiger partial charge is 0.337 e. The Morgan fingerprint density at radius 2 is 1.67 bits per heavy atom. The molecule has 2 aromatic carbocycles. The van der Waals surface area contributed by atoms with Crippen molar-refractivity contribution in [3.05, 3.63) is 59.7 Å². The monoisotopic (exact) mass is 283 g/mol. The van der Waals surface area contributed by atoms with E-state index in [9.17, 15) is 4.79 Å². The molecule has 0 spiro atoms. The van der Waals surface area contributed by atoms with Gasteiger partial charge in [-0.2, -0.15) is 0 Å². The summed E-state index contributed by atoms with van der Waals surface area (Å²) in [7, 11) is 3.00. The number of benzene rings is 2. The molecule has 0 saturated carbocycles. The first kappa shape index (κ1) is 14.8. The second-order valence-corrected chi connectivity index (χ2v) is 4.47. The molecule has 0 radical (unpaired) electrons. The molecule has 4 nitrogen and oxygen atoms in total. The van der Waals surface area contributed by atoms with Gasteiger partial charge in [-0.05, 0) is 48.9 Å². The van der Waals surface area contributed by atoms with Crippen LogP contribution in [0.15, 0.2) is 53.5 Å². The minimum Gasteiger partial charge on any atom is -0.497 e. The Morgan fingerprint density at radius 3 is 2.29 bits per heavy atom. The molecule has 21 heavy (non-hydrogen) atoms. The van der Waals surface area contributed by atoms with Crippen LogP contribution in [0.4, 0.5) is 5.69 Å². The van der Waals surface area contributed by atoms with Crippen LogP contribution < -0.4 is 4.74 Å². The zero-order chi connectivity index (χ0) is 15.2. The minimum atomic E-state index is -0.353. The van der Waals surface area contributed by atoms with Gasteiger partial charge in [-0.1, -0.05) is 12.1 Å². The van der Waals surface area contributed by atoms with Gasteiger partial charge in [0.05, 0.1) is 25.5 Å². The lowest BCUT2D eigenvalue weighted by Gasteiger charge is -2.05. The lowest BCUT2D eigenvalue weighted by molar-refractivity contribution is 0.0600. The molecule has 0 saturated heterocycles. The van der Waals surface area contributed by atoms with Crippen molar-refractivity contribution >= 4 is 17.4 Å². The van der Waals surface area contributed by atoms with Crippen molar-refractivity contribution in [2.75, 3.05) is 14.2 Å². The number of carbonyl (C=O) groups is 1. The van der Waals surface area contributed by atoms with Gasteiger partial charge in [0.1, 0.15) is 5.75 Å². The topological polar surface area (TPSA) is 47.9 Å². The van der Waals surface area contributed by atoms with Crippen molar-refractivity contribution in [2.24, 2.45) is 4.99 Å². The molecule has 0 amide bonds. The summed E-state index contributed by atoms with van der Waals surface area (Å²) in [6.07, 6.45) is 0. The van der Waals surface area contributed by atoms with Gasteiger partial charge < -0.3 is 9.47 Å². The van der Waals surface area contributed by atoms with E-state index in [4.69, 9.17) is 9.47 Å². The van der Waals surface area contributed by atoms with Crippen LogP contribution in [0, 0.1) is 0 Å². The SMILES string of the molecule is COC(=O)c1cccc(C(C)=Nc2ccc(OC)cc2)c1. The van der Waals surface area contributed by atoms with Gasteiger partial charge in [-0.15, -0.1) is 0 Å². The van der Waals surface area contributed by atoms with E-state index in [0.29, 0.717) is 5.56 Å². The third kappa shape index (κ3) is 3.69. The number of hydrogen-bond donors (Lipinski definition) is 0. The predicted molar refractivity (Wildman–Crippen MR) is 82.6 cm³/mol. The normalized spacial score (nSPS) is 11.1. The van der Waals surface area contributed by atoms with Crippen molar-refractivity contribution < 1.29 is 14.3 Å². The van der Waals surface area contributed by atoms with Crippen LogP contribution in [-0.4, -0.2) is 25.9 Å². The Balaban J connectivity index is 2.27. The fourth-order valence-corrected chi connectivity index (χ4v) is 1.90. The van der Waals surface area contributed by atoms with Crippen LogP contribution in [0.1, 0.15) is 22.8 Å². The van der Waals surface area contributed by atoms with Crippen molar-refractivity contribution in [3.63, 3.8) is 0 Å². The number of ether oxygens (including phenoxy) is 2. The summed E-state index contributed by atoms with van der Waals surface area (Å²) in [5, 5.41) is 0. The van der Waals surface area contributed by atoms with E-state index in [-0.39, 0.29) is 5.97 Å². The molecule has 0 unspecified atom stereocenters. The Kier molecular flexibility index (Phi) is 4.72. The molecule has 108 valence electrons. The summed E-state index contributed by atoms with van der Waals surface area (Å²) in [6, 6.07) is 14.7. The zero-order valence-corrected chi connectivity index (χ0v) is 12.3. The molecule has 2 rings (SSSR count). The van der Waals surface area contributed by atoms with E-state index in [1.54, 1.807) is 19.2 Å². The van der Waals surface area contributed by atoms with Gasteiger partial charge in [0.2, 0.25) is 0 Å². The fourth-order valence-electron chi connectivity index (χ4n) is 1.90. The van der Waals surface area contributed by atoms with Crippen LogP contribution in [0.25, 0.3) is 0 Å². The van der Waals surface area contributed by atoms with Crippen molar-refractivity contribution in [2.45, 2.75) is 6.92 Å². The van der Waals surface area contributed by atoms with Crippen LogP contribution in [-0.2, 0) is 4.74 Å². The van der Waals surface area contributed by atoms with E-state index in [2.05, 4.69) is 4.99 Å². The van der Waals surface area contributed by atoms with Gasteiger partial charge in [-0.25, -0.2) is 4.79 Å². The first-order valence-electron chi connectivity index (χ1n) is 6.52. The number of aliphatic imine (C=N–C) groups is 1. The summed E-state index contributed by atoms with van der Waals surface area (Å²) in [4.78, 5) is 16.1. The van der Waals surface area contributed by atoms with Gasteiger partial charge in [0.15, 0.2) is 0 Å². The predicted octanol–water partition coefficient (Wildman–Crippen LogP) is 3.62. The largest absolute Gasteiger partial charge is 0.497 e.